The molecule has 22 heavy (non-hydrogen) atoms. The summed E-state index contributed by atoms with van der Waals surface area (Å²) >= 11 is 0. The molecule has 2 rings (SSSR count). The minimum atomic E-state index is 0.563. The van der Waals surface area contributed by atoms with Gasteiger partial charge in [-0.05, 0) is 49.1 Å². The monoisotopic (exact) mass is 291 g/mol. The number of hydrogen-bond acceptors (Lipinski definition) is 1. The van der Waals surface area contributed by atoms with Gasteiger partial charge in [0.05, 0.1) is 0 Å². The summed E-state index contributed by atoms with van der Waals surface area (Å²) in [5, 5.41) is 0. The normalized spacial score (nSPS) is 12.3. The molecule has 0 aromatic heterocycles. The summed E-state index contributed by atoms with van der Waals surface area (Å²) in [5.41, 5.74) is 3.70. The van der Waals surface area contributed by atoms with Crippen molar-refractivity contribution in [3.8, 4) is 0 Å². The minimum absolute atomic E-state index is 0.563. The molecule has 0 amide bonds. The molecule has 0 bridgehead atoms. The van der Waals surface area contributed by atoms with Crippen molar-refractivity contribution in [2.24, 2.45) is 5.92 Å². The quantitative estimate of drug-likeness (QED) is 0.560. The molecule has 0 fully saturated rings. The lowest BCUT2D eigenvalue weighted by Gasteiger charge is -2.28. The van der Waals surface area contributed by atoms with E-state index in [1.165, 1.54) is 16.9 Å². The van der Waals surface area contributed by atoms with Gasteiger partial charge in [0, 0.05) is 17.9 Å². The zero-order valence-corrected chi connectivity index (χ0v) is 13.6. The molecule has 0 aliphatic rings. The summed E-state index contributed by atoms with van der Waals surface area (Å²) in [5.74, 6) is 0.563. The fourth-order valence-electron chi connectivity index (χ4n) is 2.60. The third-order valence-corrected chi connectivity index (χ3v) is 3.70. The van der Waals surface area contributed by atoms with Crippen LogP contribution in [-0.4, -0.2) is 6.54 Å². The molecule has 0 aliphatic heterocycles. The Kier molecular flexibility index (Phi) is 6.02. The fourth-order valence-corrected chi connectivity index (χ4v) is 2.60. The van der Waals surface area contributed by atoms with Crippen LogP contribution in [0.2, 0.25) is 0 Å². The maximum Gasteiger partial charge on any atom is 0.0411 e. The summed E-state index contributed by atoms with van der Waals surface area (Å²) in [7, 11) is 0. The molecule has 2 aromatic carbocycles. The van der Waals surface area contributed by atoms with E-state index >= 15 is 0 Å². The standard InChI is InChI=1S/C21H25N/c1-4-9-18(3)17-22(20-11-7-6-8-12-20)21-15-13-19(10-5-2)14-16-21/h4-8,10-16,18H,1,9,17H2,2-3H3/b10-5+. The first kappa shape index (κ1) is 16.1. The van der Waals surface area contributed by atoms with Crippen LogP contribution in [0, 0.1) is 5.92 Å². The Hall–Kier alpha value is -2.28. The predicted octanol–water partition coefficient (Wildman–Crippen LogP) is 6.07. The average molecular weight is 291 g/mol. The lowest BCUT2D eigenvalue weighted by Crippen LogP contribution is -2.23. The Morgan fingerprint density at radius 2 is 1.64 bits per heavy atom. The van der Waals surface area contributed by atoms with Gasteiger partial charge in [-0.15, -0.1) is 6.58 Å². The van der Waals surface area contributed by atoms with Crippen LogP contribution in [0.25, 0.3) is 6.08 Å². The highest BCUT2D eigenvalue weighted by atomic mass is 15.1. The highest BCUT2D eigenvalue weighted by molar-refractivity contribution is 5.65. The zero-order valence-electron chi connectivity index (χ0n) is 13.6. The van der Waals surface area contributed by atoms with Gasteiger partial charge in [0.2, 0.25) is 0 Å². The van der Waals surface area contributed by atoms with Crippen LogP contribution in [0.15, 0.2) is 73.3 Å². The topological polar surface area (TPSA) is 3.24 Å². The van der Waals surface area contributed by atoms with Crippen LogP contribution >= 0.6 is 0 Å². The largest absolute Gasteiger partial charge is 0.341 e. The van der Waals surface area contributed by atoms with Gasteiger partial charge in [0.15, 0.2) is 0 Å². The highest BCUT2D eigenvalue weighted by Crippen LogP contribution is 2.27. The van der Waals surface area contributed by atoms with E-state index in [1.807, 2.05) is 13.0 Å². The molecule has 0 saturated heterocycles. The molecule has 0 heterocycles. The van der Waals surface area contributed by atoms with Crippen molar-refractivity contribution in [3.63, 3.8) is 0 Å². The number of allylic oxidation sites excluding steroid dienone is 2. The lowest BCUT2D eigenvalue weighted by molar-refractivity contribution is 0.598. The first-order valence-electron chi connectivity index (χ1n) is 7.91. The molecule has 1 unspecified atom stereocenters. The van der Waals surface area contributed by atoms with E-state index < -0.39 is 0 Å². The Balaban J connectivity index is 2.29. The van der Waals surface area contributed by atoms with Gasteiger partial charge in [0.1, 0.15) is 0 Å². The molecule has 0 aliphatic carbocycles. The molecule has 0 saturated carbocycles. The van der Waals surface area contributed by atoms with Gasteiger partial charge in [-0.3, -0.25) is 0 Å². The smallest absolute Gasteiger partial charge is 0.0411 e. The van der Waals surface area contributed by atoms with E-state index in [1.54, 1.807) is 0 Å². The van der Waals surface area contributed by atoms with Crippen LogP contribution in [0.5, 0.6) is 0 Å². The van der Waals surface area contributed by atoms with Crippen LogP contribution in [0.4, 0.5) is 11.4 Å². The second-order valence-corrected chi connectivity index (χ2v) is 5.67. The third kappa shape index (κ3) is 4.36. The predicted molar refractivity (Wildman–Crippen MR) is 98.6 cm³/mol. The summed E-state index contributed by atoms with van der Waals surface area (Å²) in [6.45, 7) is 9.16. The summed E-state index contributed by atoms with van der Waals surface area (Å²) in [6, 6.07) is 19.3. The first-order chi connectivity index (χ1) is 10.7. The molecule has 0 spiro atoms. The van der Waals surface area contributed by atoms with Crippen LogP contribution in [-0.2, 0) is 0 Å². The number of nitrogens with zero attached hydrogens (tertiary/aromatic N) is 1. The number of hydrogen-bond donors (Lipinski definition) is 0. The maximum absolute atomic E-state index is 3.86. The van der Waals surface area contributed by atoms with E-state index in [9.17, 15) is 0 Å². The van der Waals surface area contributed by atoms with Crippen LogP contribution in [0.3, 0.4) is 0 Å². The second kappa shape index (κ2) is 8.23. The maximum atomic E-state index is 3.86. The van der Waals surface area contributed by atoms with Crippen molar-refractivity contribution >= 4 is 17.5 Å². The fraction of sp³-hybridized carbons (Fsp3) is 0.238. The van der Waals surface area contributed by atoms with Crippen molar-refractivity contribution in [3.05, 3.63) is 78.9 Å². The summed E-state index contributed by atoms with van der Waals surface area (Å²) < 4.78 is 0. The number of anilines is 2. The zero-order chi connectivity index (χ0) is 15.8. The molecule has 2 aromatic rings. The van der Waals surface area contributed by atoms with Gasteiger partial charge in [-0.1, -0.05) is 55.5 Å². The van der Waals surface area contributed by atoms with E-state index in [-0.39, 0.29) is 0 Å². The average Bonchev–Trinajstić information content (AvgIpc) is 2.55. The first-order valence-corrected chi connectivity index (χ1v) is 7.91. The van der Waals surface area contributed by atoms with E-state index in [0.29, 0.717) is 5.92 Å². The summed E-state index contributed by atoms with van der Waals surface area (Å²) in [6.07, 6.45) is 7.22. The highest BCUT2D eigenvalue weighted by Gasteiger charge is 2.12. The number of benzene rings is 2. The van der Waals surface area contributed by atoms with Crippen molar-refractivity contribution in [1.82, 2.24) is 0 Å². The number of para-hydroxylation sites is 1. The Morgan fingerprint density at radius 1 is 1.00 bits per heavy atom. The molecular weight excluding hydrogens is 266 g/mol. The Morgan fingerprint density at radius 3 is 2.23 bits per heavy atom. The van der Waals surface area contributed by atoms with Gasteiger partial charge < -0.3 is 4.90 Å². The minimum Gasteiger partial charge on any atom is -0.341 e. The third-order valence-electron chi connectivity index (χ3n) is 3.70. The molecule has 1 nitrogen and oxygen atoms in total. The molecule has 1 heteroatoms. The molecule has 0 N–H and O–H groups in total. The van der Waals surface area contributed by atoms with E-state index in [4.69, 9.17) is 0 Å². The van der Waals surface area contributed by atoms with Gasteiger partial charge in [0.25, 0.3) is 0 Å². The van der Waals surface area contributed by atoms with Crippen LogP contribution in [0.1, 0.15) is 25.8 Å². The van der Waals surface area contributed by atoms with Gasteiger partial charge >= 0.3 is 0 Å². The molecule has 114 valence electrons. The second-order valence-electron chi connectivity index (χ2n) is 5.67. The Bertz CT molecular complexity index is 596. The van der Waals surface area contributed by atoms with Crippen molar-refractivity contribution < 1.29 is 0 Å². The SMILES string of the molecule is C=CCC(C)CN(c1ccccc1)c1ccc(/C=C/C)cc1. The van der Waals surface area contributed by atoms with E-state index in [2.05, 4.69) is 85.2 Å². The van der Waals surface area contributed by atoms with Crippen LogP contribution < -0.4 is 4.90 Å². The molecular formula is C21H25N. The summed E-state index contributed by atoms with van der Waals surface area (Å²) in [4.78, 5) is 2.38. The molecule has 0 radical (unpaired) electrons. The molecule has 1 atom stereocenters. The van der Waals surface area contributed by atoms with Crippen molar-refractivity contribution in [2.75, 3.05) is 11.4 Å². The van der Waals surface area contributed by atoms with E-state index in [0.717, 1.165) is 13.0 Å². The van der Waals surface area contributed by atoms with Crippen molar-refractivity contribution in [1.29, 1.82) is 0 Å². The number of rotatable bonds is 7. The van der Waals surface area contributed by atoms with Gasteiger partial charge in [-0.2, -0.15) is 0 Å². The van der Waals surface area contributed by atoms with Crippen molar-refractivity contribution in [2.45, 2.75) is 20.3 Å². The van der Waals surface area contributed by atoms with Gasteiger partial charge in [-0.25, -0.2) is 0 Å². The Labute approximate surface area is 134 Å². The lowest BCUT2D eigenvalue weighted by atomic mass is 10.1.